The number of hydrogen-bond acceptors (Lipinski definition) is 3. The number of urea groups is 1. The highest BCUT2D eigenvalue weighted by molar-refractivity contribution is 5.89. The van der Waals surface area contributed by atoms with Gasteiger partial charge in [0.1, 0.15) is 5.75 Å². The number of rotatable bonds is 4. The molecule has 1 aliphatic heterocycles. The van der Waals surface area contributed by atoms with E-state index in [9.17, 15) is 4.79 Å². The molecule has 0 aromatic heterocycles. The lowest BCUT2D eigenvalue weighted by Crippen LogP contribution is -2.38. The fraction of sp³-hybridized carbons (Fsp3) is 0.350. The monoisotopic (exact) mass is 339 g/mol. The number of benzene rings is 2. The lowest BCUT2D eigenvalue weighted by molar-refractivity contribution is 0.211. The predicted molar refractivity (Wildman–Crippen MR) is 99.9 cm³/mol. The number of hydrogen-bond donors (Lipinski definition) is 1. The van der Waals surface area contributed by atoms with Gasteiger partial charge in [0, 0.05) is 44.5 Å². The molecular formula is C20H25N3O2. The number of nitrogens with zero attached hydrogens (tertiary/aromatic N) is 2. The molecule has 0 radical (unpaired) electrons. The Morgan fingerprint density at radius 1 is 1.04 bits per heavy atom. The quantitative estimate of drug-likeness (QED) is 0.928. The van der Waals surface area contributed by atoms with Crippen LogP contribution in [0.4, 0.5) is 10.5 Å². The summed E-state index contributed by atoms with van der Waals surface area (Å²) in [7, 11) is 1.62. The lowest BCUT2D eigenvalue weighted by atomic mass is 10.2. The van der Waals surface area contributed by atoms with Crippen molar-refractivity contribution in [3.8, 4) is 5.75 Å². The van der Waals surface area contributed by atoms with Crippen molar-refractivity contribution in [2.24, 2.45) is 0 Å². The van der Waals surface area contributed by atoms with Crippen LogP contribution in [-0.4, -0.2) is 49.1 Å². The average molecular weight is 339 g/mol. The zero-order chi connectivity index (χ0) is 17.5. The number of carbonyl (C=O) groups excluding carboxylic acids is 1. The molecule has 0 bridgehead atoms. The smallest absolute Gasteiger partial charge is 0.321 e. The maximum absolute atomic E-state index is 12.5. The molecule has 1 N–H and O–H groups in total. The SMILES string of the molecule is COc1cccc(NC(=O)N2CCCN(Cc3ccccc3)CC2)c1. The van der Waals surface area contributed by atoms with Gasteiger partial charge in [0.25, 0.3) is 0 Å². The highest BCUT2D eigenvalue weighted by Crippen LogP contribution is 2.17. The maximum atomic E-state index is 12.5. The van der Waals surface area contributed by atoms with Crippen molar-refractivity contribution in [3.63, 3.8) is 0 Å². The number of carbonyl (C=O) groups is 1. The molecule has 25 heavy (non-hydrogen) atoms. The fourth-order valence-corrected chi connectivity index (χ4v) is 3.08. The Balaban J connectivity index is 1.54. The maximum Gasteiger partial charge on any atom is 0.321 e. The molecule has 132 valence electrons. The largest absolute Gasteiger partial charge is 0.497 e. The summed E-state index contributed by atoms with van der Waals surface area (Å²) in [6.07, 6.45) is 0.984. The van der Waals surface area contributed by atoms with Gasteiger partial charge in [-0.2, -0.15) is 0 Å². The average Bonchev–Trinajstić information content (AvgIpc) is 2.88. The Kier molecular flexibility index (Phi) is 5.90. The van der Waals surface area contributed by atoms with Crippen LogP contribution in [-0.2, 0) is 6.54 Å². The number of ether oxygens (including phenoxy) is 1. The highest BCUT2D eigenvalue weighted by atomic mass is 16.5. The molecule has 1 saturated heterocycles. The van der Waals surface area contributed by atoms with Gasteiger partial charge < -0.3 is 15.0 Å². The Labute approximate surface area is 149 Å². The minimum absolute atomic E-state index is 0.0465. The van der Waals surface area contributed by atoms with Crippen LogP contribution in [0, 0.1) is 0 Å². The third-order valence-electron chi connectivity index (χ3n) is 4.45. The van der Waals surface area contributed by atoms with E-state index in [1.807, 2.05) is 35.2 Å². The van der Waals surface area contributed by atoms with Gasteiger partial charge in [-0.15, -0.1) is 0 Å². The van der Waals surface area contributed by atoms with E-state index in [1.54, 1.807) is 7.11 Å². The molecule has 0 unspecified atom stereocenters. The van der Waals surface area contributed by atoms with Crippen LogP contribution in [0.5, 0.6) is 5.75 Å². The minimum Gasteiger partial charge on any atom is -0.497 e. The molecule has 2 aromatic rings. The van der Waals surface area contributed by atoms with Gasteiger partial charge in [0.15, 0.2) is 0 Å². The van der Waals surface area contributed by atoms with E-state index in [-0.39, 0.29) is 6.03 Å². The van der Waals surface area contributed by atoms with E-state index in [2.05, 4.69) is 34.5 Å². The molecule has 2 aromatic carbocycles. The summed E-state index contributed by atoms with van der Waals surface area (Å²) < 4.78 is 5.20. The predicted octanol–water partition coefficient (Wildman–Crippen LogP) is 3.44. The lowest BCUT2D eigenvalue weighted by Gasteiger charge is -2.22. The van der Waals surface area contributed by atoms with Gasteiger partial charge in [0.2, 0.25) is 0 Å². The second-order valence-corrected chi connectivity index (χ2v) is 6.26. The van der Waals surface area contributed by atoms with E-state index < -0.39 is 0 Å². The van der Waals surface area contributed by atoms with Crippen molar-refractivity contribution >= 4 is 11.7 Å². The first kappa shape index (κ1) is 17.3. The standard InChI is InChI=1S/C20H25N3O2/c1-25-19-10-5-9-18(15-19)21-20(24)23-12-6-11-22(13-14-23)16-17-7-3-2-4-8-17/h2-5,7-10,15H,6,11-14,16H2,1H3,(H,21,24). The third kappa shape index (κ3) is 4.97. The Morgan fingerprint density at radius 2 is 1.88 bits per heavy atom. The second-order valence-electron chi connectivity index (χ2n) is 6.26. The van der Waals surface area contributed by atoms with Crippen molar-refractivity contribution in [2.75, 3.05) is 38.6 Å². The van der Waals surface area contributed by atoms with Crippen LogP contribution in [0.2, 0.25) is 0 Å². The molecule has 1 aliphatic rings. The van der Waals surface area contributed by atoms with E-state index >= 15 is 0 Å². The molecule has 1 heterocycles. The number of nitrogens with one attached hydrogen (secondary N) is 1. The fourth-order valence-electron chi connectivity index (χ4n) is 3.08. The summed E-state index contributed by atoms with van der Waals surface area (Å²) >= 11 is 0. The molecule has 5 heteroatoms. The molecule has 2 amide bonds. The molecule has 0 atom stereocenters. The van der Waals surface area contributed by atoms with Crippen molar-refractivity contribution in [3.05, 3.63) is 60.2 Å². The third-order valence-corrected chi connectivity index (χ3v) is 4.45. The zero-order valence-corrected chi connectivity index (χ0v) is 14.6. The van der Waals surface area contributed by atoms with Gasteiger partial charge in [-0.1, -0.05) is 36.4 Å². The molecule has 3 rings (SSSR count). The van der Waals surface area contributed by atoms with E-state index in [1.165, 1.54) is 5.56 Å². The molecule has 0 saturated carbocycles. The molecule has 0 spiro atoms. The molecular weight excluding hydrogens is 314 g/mol. The summed E-state index contributed by atoms with van der Waals surface area (Å²) in [5, 5.41) is 2.97. The van der Waals surface area contributed by atoms with Crippen molar-refractivity contribution in [2.45, 2.75) is 13.0 Å². The van der Waals surface area contributed by atoms with Crippen LogP contribution in [0.1, 0.15) is 12.0 Å². The molecule has 5 nitrogen and oxygen atoms in total. The number of amides is 2. The Morgan fingerprint density at radius 3 is 2.68 bits per heavy atom. The first-order valence-electron chi connectivity index (χ1n) is 8.71. The van der Waals surface area contributed by atoms with E-state index in [0.29, 0.717) is 0 Å². The van der Waals surface area contributed by atoms with Crippen LogP contribution in [0.25, 0.3) is 0 Å². The van der Waals surface area contributed by atoms with Crippen LogP contribution in [0.3, 0.4) is 0 Å². The van der Waals surface area contributed by atoms with E-state index in [0.717, 1.165) is 50.6 Å². The Hall–Kier alpha value is -2.53. The van der Waals surface area contributed by atoms with Gasteiger partial charge in [-0.3, -0.25) is 4.90 Å². The summed E-state index contributed by atoms with van der Waals surface area (Å²) in [5.41, 5.74) is 2.08. The van der Waals surface area contributed by atoms with Crippen LogP contribution < -0.4 is 10.1 Å². The number of anilines is 1. The van der Waals surface area contributed by atoms with Crippen molar-refractivity contribution < 1.29 is 9.53 Å². The summed E-state index contributed by atoms with van der Waals surface area (Å²) in [6, 6.07) is 17.9. The van der Waals surface area contributed by atoms with Gasteiger partial charge in [-0.25, -0.2) is 4.79 Å². The van der Waals surface area contributed by atoms with Crippen LogP contribution in [0.15, 0.2) is 54.6 Å². The highest BCUT2D eigenvalue weighted by Gasteiger charge is 2.19. The summed E-state index contributed by atoms with van der Waals surface area (Å²) in [6.45, 7) is 4.36. The van der Waals surface area contributed by atoms with Crippen molar-refractivity contribution in [1.29, 1.82) is 0 Å². The van der Waals surface area contributed by atoms with Gasteiger partial charge >= 0.3 is 6.03 Å². The minimum atomic E-state index is -0.0465. The summed E-state index contributed by atoms with van der Waals surface area (Å²) in [4.78, 5) is 16.8. The first-order chi connectivity index (χ1) is 12.2. The number of methoxy groups -OCH3 is 1. The topological polar surface area (TPSA) is 44.8 Å². The van der Waals surface area contributed by atoms with Crippen LogP contribution >= 0.6 is 0 Å². The van der Waals surface area contributed by atoms with Gasteiger partial charge in [-0.05, 0) is 24.1 Å². The normalized spacial score (nSPS) is 15.5. The Bertz CT molecular complexity index is 690. The van der Waals surface area contributed by atoms with E-state index in [4.69, 9.17) is 4.74 Å². The molecule has 1 fully saturated rings. The molecule has 0 aliphatic carbocycles. The van der Waals surface area contributed by atoms with Crippen molar-refractivity contribution in [1.82, 2.24) is 9.80 Å². The summed E-state index contributed by atoms with van der Waals surface area (Å²) in [5.74, 6) is 0.739. The second kappa shape index (κ2) is 8.53. The van der Waals surface area contributed by atoms with Gasteiger partial charge in [0.05, 0.1) is 7.11 Å². The first-order valence-corrected chi connectivity index (χ1v) is 8.71. The zero-order valence-electron chi connectivity index (χ0n) is 14.6.